The lowest BCUT2D eigenvalue weighted by atomic mass is 9.97. The van der Waals surface area contributed by atoms with Crippen molar-refractivity contribution in [3.63, 3.8) is 0 Å². The molecule has 0 saturated carbocycles. The van der Waals surface area contributed by atoms with Crippen molar-refractivity contribution >= 4 is 25.4 Å². The van der Waals surface area contributed by atoms with Gasteiger partial charge in [0.15, 0.2) is 23.0 Å². The van der Waals surface area contributed by atoms with Gasteiger partial charge < -0.3 is 27.8 Å². The summed E-state index contributed by atoms with van der Waals surface area (Å²) in [4.78, 5) is 32.1. The minimum atomic E-state index is -2.41. The third-order valence-corrected chi connectivity index (χ3v) is 14.6. The molecule has 0 bridgehead atoms. The number of hydrogen-bond acceptors (Lipinski definition) is 9. The van der Waals surface area contributed by atoms with Gasteiger partial charge in [0.05, 0.1) is 0 Å². The normalized spacial score (nSPS) is 13.4. The number of rotatable bonds is 9. The minimum absolute atomic E-state index is 0.0146. The zero-order valence-corrected chi connectivity index (χ0v) is 32.6. The minimum Gasteiger partial charge on any atom is -0.543 e. The van der Waals surface area contributed by atoms with Crippen molar-refractivity contribution < 1.29 is 32.6 Å². The fraction of sp³-hybridized carbons (Fsp3) is 0.178. The van der Waals surface area contributed by atoms with E-state index in [0.29, 0.717) is 22.8 Å². The SMILES string of the molecule is CC(C)(C)[Si](C)(C)Oc1cc(OC(=O)n2ccnc2)c2c(=O)c(OCc3ccccc3)c(-c3ccc4c(c3)OC(c3ccccc3)(c3ccccc3)O4)oc2c1. The average Bonchev–Trinajstić information content (AvgIpc) is 3.87. The standard InChI is InChI=1S/C45H40N2O8Si/c1-44(2,3)56(4,5)55-34-26-37-39(38(27-34)52-43(49)47-24-23-46-29-47)40(48)42(50-28-30-15-9-6-10-16-30)41(51-37)31-21-22-35-36(25-31)54-45(53-35,32-17-11-7-12-18-32)33-19-13-8-14-20-33/h6-27,29H,28H2,1-5H3. The summed E-state index contributed by atoms with van der Waals surface area (Å²) in [5, 5.41) is -0.140. The smallest absolute Gasteiger partial charge is 0.424 e. The molecular formula is C45H40N2O8Si. The molecule has 0 amide bonds. The molecule has 1 aliphatic rings. The summed E-state index contributed by atoms with van der Waals surface area (Å²) in [5.41, 5.74) is 2.55. The molecular weight excluding hydrogens is 725 g/mol. The molecule has 1 aliphatic heterocycles. The molecule has 3 heterocycles. The zero-order valence-electron chi connectivity index (χ0n) is 31.6. The average molecular weight is 765 g/mol. The molecule has 11 heteroatoms. The van der Waals surface area contributed by atoms with E-state index in [1.54, 1.807) is 30.3 Å². The van der Waals surface area contributed by atoms with Crippen molar-refractivity contribution in [3.05, 3.63) is 167 Å². The fourth-order valence-corrected chi connectivity index (χ4v) is 7.27. The van der Waals surface area contributed by atoms with Gasteiger partial charge in [-0.2, -0.15) is 0 Å². The number of aromatic nitrogens is 2. The second-order valence-corrected chi connectivity index (χ2v) is 19.8. The van der Waals surface area contributed by atoms with Crippen LogP contribution < -0.4 is 28.8 Å². The van der Waals surface area contributed by atoms with Crippen LogP contribution in [0.2, 0.25) is 18.1 Å². The summed E-state index contributed by atoms with van der Waals surface area (Å²) in [6.45, 7) is 10.6. The van der Waals surface area contributed by atoms with Gasteiger partial charge >= 0.3 is 11.9 Å². The molecule has 56 heavy (non-hydrogen) atoms. The van der Waals surface area contributed by atoms with Crippen molar-refractivity contribution in [2.75, 3.05) is 0 Å². The molecule has 0 radical (unpaired) electrons. The van der Waals surface area contributed by atoms with Crippen LogP contribution in [-0.2, 0) is 12.4 Å². The van der Waals surface area contributed by atoms with E-state index >= 15 is 0 Å². The van der Waals surface area contributed by atoms with E-state index in [1.807, 2.05) is 91.0 Å². The maximum atomic E-state index is 14.8. The Morgan fingerprint density at radius 1 is 0.821 bits per heavy atom. The molecule has 5 aromatic carbocycles. The first-order valence-corrected chi connectivity index (χ1v) is 21.2. The molecule has 10 nitrogen and oxygen atoms in total. The van der Waals surface area contributed by atoms with E-state index in [2.05, 4.69) is 38.8 Å². The van der Waals surface area contributed by atoms with E-state index in [-0.39, 0.29) is 39.9 Å². The Kier molecular flexibility index (Phi) is 9.25. The summed E-state index contributed by atoms with van der Waals surface area (Å²) in [6, 6.07) is 37.5. The number of imidazole rings is 1. The zero-order chi connectivity index (χ0) is 39.1. The third kappa shape index (κ3) is 6.81. The topological polar surface area (TPSA) is 111 Å². The van der Waals surface area contributed by atoms with Crippen molar-refractivity contribution in [2.45, 2.75) is 51.3 Å². The van der Waals surface area contributed by atoms with Crippen molar-refractivity contribution in [3.8, 4) is 40.1 Å². The Balaban J connectivity index is 1.29. The molecule has 0 unspecified atom stereocenters. The molecule has 282 valence electrons. The van der Waals surface area contributed by atoms with Gasteiger partial charge in [-0.15, -0.1) is 0 Å². The lowest BCUT2D eigenvalue weighted by molar-refractivity contribution is -0.0459. The maximum absolute atomic E-state index is 14.8. The van der Waals surface area contributed by atoms with Crippen molar-refractivity contribution in [1.29, 1.82) is 0 Å². The first-order chi connectivity index (χ1) is 26.9. The van der Waals surface area contributed by atoms with Gasteiger partial charge in [-0.1, -0.05) is 112 Å². The van der Waals surface area contributed by atoms with Crippen molar-refractivity contribution in [1.82, 2.24) is 9.55 Å². The van der Waals surface area contributed by atoms with Gasteiger partial charge in [0.1, 0.15) is 29.7 Å². The summed E-state index contributed by atoms with van der Waals surface area (Å²) < 4.78 is 40.2. The Labute approximate surface area is 325 Å². The number of hydrogen-bond donors (Lipinski definition) is 0. The first kappa shape index (κ1) is 36.4. The van der Waals surface area contributed by atoms with E-state index in [0.717, 1.165) is 16.7 Å². The summed E-state index contributed by atoms with van der Waals surface area (Å²) in [7, 11) is -2.41. The van der Waals surface area contributed by atoms with Gasteiger partial charge in [0, 0.05) is 41.2 Å². The molecule has 0 aliphatic carbocycles. The highest BCUT2D eigenvalue weighted by Gasteiger charge is 2.46. The van der Waals surface area contributed by atoms with Crippen LogP contribution in [0.15, 0.2) is 149 Å². The van der Waals surface area contributed by atoms with Crippen LogP contribution in [0.3, 0.4) is 0 Å². The highest BCUT2D eigenvalue weighted by Crippen LogP contribution is 2.50. The number of ether oxygens (including phenoxy) is 4. The Hall–Kier alpha value is -6.59. The molecule has 0 N–H and O–H groups in total. The Morgan fingerprint density at radius 3 is 2.09 bits per heavy atom. The molecule has 0 saturated heterocycles. The second kappa shape index (κ2) is 14.2. The van der Waals surface area contributed by atoms with Crippen LogP contribution in [0.4, 0.5) is 4.79 Å². The Morgan fingerprint density at radius 2 is 1.46 bits per heavy atom. The molecule has 8 rings (SSSR count). The number of carbonyl (C=O) groups is 1. The number of fused-ring (bicyclic) bond motifs is 2. The highest BCUT2D eigenvalue weighted by atomic mass is 28.4. The maximum Gasteiger partial charge on any atom is 0.424 e. The number of carbonyl (C=O) groups excluding carboxylic acids is 1. The summed E-state index contributed by atoms with van der Waals surface area (Å²) in [6.07, 6.45) is 3.47. The van der Waals surface area contributed by atoms with E-state index in [4.69, 9.17) is 27.8 Å². The van der Waals surface area contributed by atoms with Crippen LogP contribution in [0.5, 0.6) is 28.7 Å². The molecule has 2 aromatic heterocycles. The predicted molar refractivity (Wildman–Crippen MR) is 215 cm³/mol. The van der Waals surface area contributed by atoms with Crippen LogP contribution in [-0.4, -0.2) is 24.0 Å². The van der Waals surface area contributed by atoms with E-state index < -0.39 is 25.6 Å². The van der Waals surface area contributed by atoms with E-state index in [9.17, 15) is 9.59 Å². The molecule has 0 fully saturated rings. The van der Waals surface area contributed by atoms with Crippen LogP contribution in [0.1, 0.15) is 37.5 Å². The summed E-state index contributed by atoms with van der Waals surface area (Å²) in [5.74, 6) is 0.122. The monoisotopic (exact) mass is 764 g/mol. The van der Waals surface area contributed by atoms with Gasteiger partial charge in [0.2, 0.25) is 19.5 Å². The molecule has 7 aromatic rings. The van der Waals surface area contributed by atoms with E-state index in [1.165, 1.54) is 23.3 Å². The summed E-state index contributed by atoms with van der Waals surface area (Å²) >= 11 is 0. The van der Waals surface area contributed by atoms with Crippen molar-refractivity contribution in [2.24, 2.45) is 0 Å². The number of benzene rings is 5. The van der Waals surface area contributed by atoms with Gasteiger partial charge in [-0.25, -0.2) is 14.3 Å². The van der Waals surface area contributed by atoms with Gasteiger partial charge in [-0.3, -0.25) is 4.79 Å². The highest BCUT2D eigenvalue weighted by molar-refractivity contribution is 6.74. The van der Waals surface area contributed by atoms with Crippen LogP contribution in [0.25, 0.3) is 22.3 Å². The van der Waals surface area contributed by atoms with Gasteiger partial charge in [-0.05, 0) is 41.9 Å². The van der Waals surface area contributed by atoms with Gasteiger partial charge in [0.25, 0.3) is 0 Å². The Bertz CT molecular complexity index is 2540. The third-order valence-electron chi connectivity index (χ3n) is 10.2. The molecule has 0 atom stereocenters. The quantitative estimate of drug-likeness (QED) is 0.133. The van der Waals surface area contributed by atoms with Crippen LogP contribution >= 0.6 is 0 Å². The lowest BCUT2D eigenvalue weighted by Gasteiger charge is -2.36. The largest absolute Gasteiger partial charge is 0.543 e. The predicted octanol–water partition coefficient (Wildman–Crippen LogP) is 10.3. The lowest BCUT2D eigenvalue weighted by Crippen LogP contribution is -2.43. The first-order valence-electron chi connectivity index (χ1n) is 18.3. The fourth-order valence-electron chi connectivity index (χ4n) is 6.26. The second-order valence-electron chi connectivity index (χ2n) is 15.1. The number of nitrogens with zero attached hydrogens (tertiary/aromatic N) is 2. The molecule has 0 spiro atoms. The van der Waals surface area contributed by atoms with Crippen LogP contribution in [0, 0.1) is 0 Å².